The van der Waals surface area contributed by atoms with E-state index in [2.05, 4.69) is 22.9 Å². The van der Waals surface area contributed by atoms with Gasteiger partial charge in [-0.05, 0) is 24.1 Å². The lowest BCUT2D eigenvalue weighted by Gasteiger charge is -2.15. The molecule has 82 valence electrons. The van der Waals surface area contributed by atoms with Gasteiger partial charge in [-0.1, -0.05) is 35.0 Å². The van der Waals surface area contributed by atoms with Crippen molar-refractivity contribution in [2.24, 2.45) is 0 Å². The Labute approximate surface area is 99.4 Å². The van der Waals surface area contributed by atoms with Gasteiger partial charge in [0.05, 0.1) is 0 Å². The molecule has 0 N–H and O–H groups in total. The van der Waals surface area contributed by atoms with Crippen LogP contribution >= 0.6 is 15.9 Å². The molecule has 3 heteroatoms. The summed E-state index contributed by atoms with van der Waals surface area (Å²) in [6.07, 6.45) is 0.988. The fraction of sp³-hybridized carbons (Fsp3) is 0.417. The quantitative estimate of drug-likeness (QED) is 0.770. The van der Waals surface area contributed by atoms with E-state index in [9.17, 15) is 4.79 Å². The van der Waals surface area contributed by atoms with Crippen LogP contribution in [0.15, 0.2) is 24.3 Å². The van der Waals surface area contributed by atoms with Gasteiger partial charge in [-0.2, -0.15) is 0 Å². The van der Waals surface area contributed by atoms with Crippen molar-refractivity contribution in [2.75, 3.05) is 13.6 Å². The molecule has 0 aliphatic carbocycles. The largest absolute Gasteiger partial charge is 0.342 e. The van der Waals surface area contributed by atoms with E-state index in [1.54, 1.807) is 4.90 Å². The number of hydrogen-bond acceptors (Lipinski definition) is 1. The van der Waals surface area contributed by atoms with E-state index in [4.69, 9.17) is 0 Å². The third kappa shape index (κ3) is 3.34. The molecule has 0 saturated carbocycles. The highest BCUT2D eigenvalue weighted by atomic mass is 79.9. The molecule has 1 amide bonds. The zero-order valence-corrected chi connectivity index (χ0v) is 10.8. The van der Waals surface area contributed by atoms with E-state index in [-0.39, 0.29) is 5.91 Å². The van der Waals surface area contributed by atoms with E-state index >= 15 is 0 Å². The van der Waals surface area contributed by atoms with Gasteiger partial charge in [0.15, 0.2) is 0 Å². The molecule has 2 nitrogen and oxygen atoms in total. The fourth-order valence-corrected chi connectivity index (χ4v) is 1.77. The molecule has 0 saturated heterocycles. The lowest BCUT2D eigenvalue weighted by Crippen LogP contribution is -2.27. The summed E-state index contributed by atoms with van der Waals surface area (Å²) >= 11 is 3.38. The minimum atomic E-state index is 0.0953. The van der Waals surface area contributed by atoms with Crippen molar-refractivity contribution in [1.29, 1.82) is 0 Å². The summed E-state index contributed by atoms with van der Waals surface area (Å²) in [4.78, 5) is 13.6. The van der Waals surface area contributed by atoms with Crippen LogP contribution in [-0.4, -0.2) is 24.4 Å². The maximum Gasteiger partial charge on any atom is 0.253 e. The van der Waals surface area contributed by atoms with Gasteiger partial charge in [0.25, 0.3) is 5.91 Å². The van der Waals surface area contributed by atoms with Crippen LogP contribution in [0.3, 0.4) is 0 Å². The Kier molecular flexibility index (Phi) is 4.82. The minimum absolute atomic E-state index is 0.0953. The second kappa shape index (κ2) is 5.91. The van der Waals surface area contributed by atoms with Crippen molar-refractivity contribution >= 4 is 21.8 Å². The second-order valence-electron chi connectivity index (χ2n) is 3.56. The third-order valence-corrected chi connectivity index (χ3v) is 2.91. The summed E-state index contributed by atoms with van der Waals surface area (Å²) in [5.41, 5.74) is 1.94. The summed E-state index contributed by atoms with van der Waals surface area (Å²) in [6, 6.07) is 7.71. The number of halogens is 1. The molecule has 1 aromatic carbocycles. The van der Waals surface area contributed by atoms with Gasteiger partial charge >= 0.3 is 0 Å². The van der Waals surface area contributed by atoms with Gasteiger partial charge < -0.3 is 4.90 Å². The van der Waals surface area contributed by atoms with E-state index in [1.807, 2.05) is 31.3 Å². The topological polar surface area (TPSA) is 20.3 Å². The maximum absolute atomic E-state index is 11.8. The Morgan fingerprint density at radius 3 is 2.40 bits per heavy atom. The average molecular weight is 270 g/mol. The van der Waals surface area contributed by atoms with Crippen LogP contribution in [0.2, 0.25) is 0 Å². The molecule has 15 heavy (non-hydrogen) atoms. The van der Waals surface area contributed by atoms with Crippen LogP contribution in [0.1, 0.15) is 29.3 Å². The lowest BCUT2D eigenvalue weighted by molar-refractivity contribution is 0.0795. The molecule has 0 radical (unpaired) electrons. The highest BCUT2D eigenvalue weighted by Gasteiger charge is 2.09. The van der Waals surface area contributed by atoms with Gasteiger partial charge in [-0.3, -0.25) is 4.79 Å². The molecule has 1 aromatic rings. The molecule has 0 aromatic heterocycles. The van der Waals surface area contributed by atoms with Crippen molar-refractivity contribution in [2.45, 2.75) is 18.7 Å². The van der Waals surface area contributed by atoms with Crippen molar-refractivity contribution in [3.63, 3.8) is 0 Å². The summed E-state index contributed by atoms with van der Waals surface area (Å²) in [5.74, 6) is 0.0953. The van der Waals surface area contributed by atoms with Crippen molar-refractivity contribution in [1.82, 2.24) is 4.90 Å². The van der Waals surface area contributed by atoms with Crippen molar-refractivity contribution in [3.8, 4) is 0 Å². The standard InChI is InChI=1S/C12H16BrNO/c1-3-8-14(2)12(15)11-6-4-10(9-13)5-7-11/h4-7H,3,8-9H2,1-2H3. The number of benzene rings is 1. The van der Waals surface area contributed by atoms with Gasteiger partial charge in [-0.15, -0.1) is 0 Å². The maximum atomic E-state index is 11.8. The second-order valence-corrected chi connectivity index (χ2v) is 4.12. The molecule has 0 aliphatic rings. The Hall–Kier alpha value is -0.830. The summed E-state index contributed by atoms with van der Waals surface area (Å²) in [6.45, 7) is 2.87. The first kappa shape index (κ1) is 12.2. The van der Waals surface area contributed by atoms with Gasteiger partial charge in [-0.25, -0.2) is 0 Å². The van der Waals surface area contributed by atoms with E-state index in [0.29, 0.717) is 0 Å². The first-order valence-electron chi connectivity index (χ1n) is 5.09. The Balaban J connectivity index is 2.73. The molecular weight excluding hydrogens is 254 g/mol. The highest BCUT2D eigenvalue weighted by Crippen LogP contribution is 2.09. The molecule has 0 aliphatic heterocycles. The van der Waals surface area contributed by atoms with Crippen LogP contribution in [-0.2, 0) is 5.33 Å². The third-order valence-electron chi connectivity index (χ3n) is 2.26. The summed E-state index contributed by atoms with van der Waals surface area (Å²) < 4.78 is 0. The average Bonchev–Trinajstić information content (AvgIpc) is 2.28. The predicted octanol–water partition coefficient (Wildman–Crippen LogP) is 3.06. The molecule has 0 heterocycles. The van der Waals surface area contributed by atoms with Crippen molar-refractivity contribution < 1.29 is 4.79 Å². The zero-order chi connectivity index (χ0) is 11.3. The van der Waals surface area contributed by atoms with Gasteiger partial charge in [0, 0.05) is 24.5 Å². The first-order valence-corrected chi connectivity index (χ1v) is 6.21. The molecule has 0 atom stereocenters. The number of hydrogen-bond donors (Lipinski definition) is 0. The number of rotatable bonds is 4. The Bertz CT molecular complexity index is 321. The van der Waals surface area contributed by atoms with Crippen LogP contribution in [0.4, 0.5) is 0 Å². The molecule has 1 rings (SSSR count). The Morgan fingerprint density at radius 2 is 1.93 bits per heavy atom. The van der Waals surface area contributed by atoms with E-state index < -0.39 is 0 Å². The van der Waals surface area contributed by atoms with Crippen LogP contribution in [0.5, 0.6) is 0 Å². The van der Waals surface area contributed by atoms with Crippen LogP contribution < -0.4 is 0 Å². The molecule has 0 bridgehead atoms. The first-order chi connectivity index (χ1) is 7.19. The number of amides is 1. The van der Waals surface area contributed by atoms with Gasteiger partial charge in [0.1, 0.15) is 0 Å². The normalized spacial score (nSPS) is 10.1. The smallest absolute Gasteiger partial charge is 0.253 e. The van der Waals surface area contributed by atoms with E-state index in [0.717, 1.165) is 23.9 Å². The molecule has 0 spiro atoms. The lowest BCUT2D eigenvalue weighted by atomic mass is 10.1. The fourth-order valence-electron chi connectivity index (χ4n) is 1.39. The van der Waals surface area contributed by atoms with Gasteiger partial charge in [0.2, 0.25) is 0 Å². The molecular formula is C12H16BrNO. The Morgan fingerprint density at radius 1 is 1.33 bits per heavy atom. The summed E-state index contributed by atoms with van der Waals surface area (Å²) in [5, 5.41) is 0.826. The number of carbonyl (C=O) groups is 1. The summed E-state index contributed by atoms with van der Waals surface area (Å²) in [7, 11) is 1.84. The van der Waals surface area contributed by atoms with E-state index in [1.165, 1.54) is 5.56 Å². The number of nitrogens with zero attached hydrogens (tertiary/aromatic N) is 1. The zero-order valence-electron chi connectivity index (χ0n) is 9.16. The van der Waals surface area contributed by atoms with Crippen LogP contribution in [0, 0.1) is 0 Å². The SMILES string of the molecule is CCCN(C)C(=O)c1ccc(CBr)cc1. The number of alkyl halides is 1. The monoisotopic (exact) mass is 269 g/mol. The molecule has 0 fully saturated rings. The molecule has 0 unspecified atom stereocenters. The predicted molar refractivity (Wildman–Crippen MR) is 66.3 cm³/mol. The van der Waals surface area contributed by atoms with Crippen molar-refractivity contribution in [3.05, 3.63) is 35.4 Å². The number of carbonyl (C=O) groups excluding carboxylic acids is 1. The minimum Gasteiger partial charge on any atom is -0.342 e. The van der Waals surface area contributed by atoms with Crippen LogP contribution in [0.25, 0.3) is 0 Å². The highest BCUT2D eigenvalue weighted by molar-refractivity contribution is 9.08.